The second-order valence-electron chi connectivity index (χ2n) is 6.79. The van der Waals surface area contributed by atoms with Crippen molar-refractivity contribution in [2.24, 2.45) is 0 Å². The summed E-state index contributed by atoms with van der Waals surface area (Å²) < 4.78 is 1.50. The van der Waals surface area contributed by atoms with Crippen molar-refractivity contribution >= 4 is 34.2 Å². The van der Waals surface area contributed by atoms with E-state index in [-0.39, 0.29) is 24.8 Å². The maximum Gasteiger partial charge on any atom is 0.244 e. The Labute approximate surface area is 172 Å². The van der Waals surface area contributed by atoms with E-state index in [9.17, 15) is 15.2 Å². The number of aliphatic hydroxyl groups excluding tert-OH is 1. The number of hydrogen-bond acceptors (Lipinski definition) is 6. The number of aliphatic hydroxyl groups is 1. The number of hydrogen-bond donors (Lipinski definition) is 1. The van der Waals surface area contributed by atoms with Crippen LogP contribution in [0.3, 0.4) is 0 Å². The summed E-state index contributed by atoms with van der Waals surface area (Å²) >= 11 is 6.07. The number of amides is 1. The van der Waals surface area contributed by atoms with Gasteiger partial charge in [0.1, 0.15) is 12.6 Å². The highest BCUT2D eigenvalue weighted by Gasteiger charge is 2.23. The minimum atomic E-state index is -0.109. The molecule has 9 heteroatoms. The largest absolute Gasteiger partial charge is 0.392 e. The van der Waals surface area contributed by atoms with Gasteiger partial charge in [0.05, 0.1) is 12.0 Å². The fraction of sp³-hybridized carbons (Fsp3) is 0.300. The van der Waals surface area contributed by atoms with Gasteiger partial charge in [-0.2, -0.15) is 10.4 Å². The lowest BCUT2D eigenvalue weighted by atomic mass is 10.1. The molecule has 1 aliphatic heterocycles. The normalized spacial score (nSPS) is 14.2. The van der Waals surface area contributed by atoms with Crippen LogP contribution in [0.1, 0.15) is 11.3 Å². The molecule has 0 unspecified atom stereocenters. The van der Waals surface area contributed by atoms with Crippen LogP contribution in [0.25, 0.3) is 11.0 Å². The Bertz CT molecular complexity index is 1100. The molecule has 1 aromatic carbocycles. The highest BCUT2D eigenvalue weighted by atomic mass is 35.5. The van der Waals surface area contributed by atoms with Crippen LogP contribution in [0.5, 0.6) is 0 Å². The van der Waals surface area contributed by atoms with Crippen molar-refractivity contribution in [2.75, 3.05) is 31.1 Å². The zero-order valence-corrected chi connectivity index (χ0v) is 16.4. The first-order valence-corrected chi connectivity index (χ1v) is 9.62. The number of nitrogens with zero attached hydrogens (tertiary/aromatic N) is 6. The Morgan fingerprint density at radius 3 is 2.76 bits per heavy atom. The molecule has 1 saturated heterocycles. The molecule has 1 N–H and O–H groups in total. The molecule has 0 aliphatic carbocycles. The first-order chi connectivity index (χ1) is 14.1. The van der Waals surface area contributed by atoms with Crippen molar-refractivity contribution in [3.63, 3.8) is 0 Å². The number of pyridine rings is 1. The molecule has 0 spiro atoms. The van der Waals surface area contributed by atoms with Crippen molar-refractivity contribution < 1.29 is 9.90 Å². The zero-order chi connectivity index (χ0) is 20.4. The molecular formula is C20H19ClN6O2. The molecule has 0 bridgehead atoms. The van der Waals surface area contributed by atoms with Crippen molar-refractivity contribution in [2.45, 2.75) is 13.2 Å². The number of halogens is 1. The first-order valence-electron chi connectivity index (χ1n) is 9.24. The van der Waals surface area contributed by atoms with Gasteiger partial charge in [-0.1, -0.05) is 11.6 Å². The van der Waals surface area contributed by atoms with Gasteiger partial charge >= 0.3 is 0 Å². The Morgan fingerprint density at radius 1 is 1.24 bits per heavy atom. The fourth-order valence-corrected chi connectivity index (χ4v) is 3.70. The van der Waals surface area contributed by atoms with Gasteiger partial charge in [-0.05, 0) is 35.9 Å². The topological polar surface area (TPSA) is 98.3 Å². The number of piperazine rings is 1. The molecule has 4 rings (SSSR count). The third kappa shape index (κ3) is 3.75. The second-order valence-corrected chi connectivity index (χ2v) is 7.20. The van der Waals surface area contributed by atoms with Crippen LogP contribution in [-0.4, -0.2) is 56.9 Å². The van der Waals surface area contributed by atoms with Gasteiger partial charge in [-0.15, -0.1) is 0 Å². The number of aromatic nitrogens is 3. The lowest BCUT2D eigenvalue weighted by Crippen LogP contribution is -2.49. The van der Waals surface area contributed by atoms with Crippen LogP contribution in [0.2, 0.25) is 5.02 Å². The van der Waals surface area contributed by atoms with Gasteiger partial charge in [0.15, 0.2) is 11.3 Å². The van der Waals surface area contributed by atoms with E-state index in [1.54, 1.807) is 29.3 Å². The van der Waals surface area contributed by atoms with Crippen LogP contribution in [-0.2, 0) is 17.9 Å². The number of anilines is 1. The molecule has 0 saturated carbocycles. The van der Waals surface area contributed by atoms with E-state index in [1.807, 2.05) is 18.2 Å². The summed E-state index contributed by atoms with van der Waals surface area (Å²) in [5.41, 5.74) is 2.47. The van der Waals surface area contributed by atoms with Crippen molar-refractivity contribution in [3.05, 3.63) is 52.8 Å². The monoisotopic (exact) mass is 410 g/mol. The molecule has 1 aliphatic rings. The Hall–Kier alpha value is -3.15. The van der Waals surface area contributed by atoms with Gasteiger partial charge in [0.2, 0.25) is 5.91 Å². The van der Waals surface area contributed by atoms with Gasteiger partial charge in [-0.3, -0.25) is 4.79 Å². The summed E-state index contributed by atoms with van der Waals surface area (Å²) in [7, 11) is 0. The number of fused-ring (bicyclic) bond motifs is 1. The maximum atomic E-state index is 12.8. The van der Waals surface area contributed by atoms with E-state index >= 15 is 0 Å². The number of nitriles is 1. The van der Waals surface area contributed by atoms with E-state index in [0.717, 1.165) is 5.69 Å². The summed E-state index contributed by atoms with van der Waals surface area (Å²) in [6, 6.07) is 11.2. The first kappa shape index (κ1) is 19.2. The van der Waals surface area contributed by atoms with Crippen molar-refractivity contribution in [1.82, 2.24) is 19.7 Å². The summed E-state index contributed by atoms with van der Waals surface area (Å²) in [4.78, 5) is 21.0. The van der Waals surface area contributed by atoms with Crippen LogP contribution in [0.4, 0.5) is 5.69 Å². The Kier molecular flexibility index (Phi) is 5.34. The van der Waals surface area contributed by atoms with Gasteiger partial charge in [0, 0.05) is 43.1 Å². The van der Waals surface area contributed by atoms with Crippen LogP contribution >= 0.6 is 11.6 Å². The van der Waals surface area contributed by atoms with Gasteiger partial charge < -0.3 is 14.9 Å². The summed E-state index contributed by atoms with van der Waals surface area (Å²) in [5.74, 6) is -0.0589. The number of carbonyl (C=O) groups is 1. The molecular weight excluding hydrogens is 392 g/mol. The predicted octanol–water partition coefficient (Wildman–Crippen LogP) is 1.80. The number of rotatable bonds is 4. The molecule has 3 aromatic rings. The molecule has 3 heterocycles. The minimum absolute atomic E-state index is 0.0464. The lowest BCUT2D eigenvalue weighted by Gasteiger charge is -2.36. The van der Waals surface area contributed by atoms with E-state index in [2.05, 4.69) is 15.0 Å². The third-order valence-corrected chi connectivity index (χ3v) is 5.46. The van der Waals surface area contributed by atoms with Gasteiger partial charge in [0.25, 0.3) is 0 Å². The van der Waals surface area contributed by atoms with Crippen LogP contribution in [0, 0.1) is 11.3 Å². The third-order valence-electron chi connectivity index (χ3n) is 5.10. The quantitative estimate of drug-likeness (QED) is 0.704. The molecule has 2 aromatic heterocycles. The number of carbonyl (C=O) groups excluding carboxylic acids is 1. The van der Waals surface area contributed by atoms with Crippen molar-refractivity contribution in [3.8, 4) is 6.07 Å². The molecule has 148 valence electrons. The average molecular weight is 411 g/mol. The van der Waals surface area contributed by atoms with E-state index in [0.29, 0.717) is 47.8 Å². The molecule has 0 radical (unpaired) electrons. The summed E-state index contributed by atoms with van der Waals surface area (Å²) in [6.07, 6.45) is 1.62. The minimum Gasteiger partial charge on any atom is -0.392 e. The lowest BCUT2D eigenvalue weighted by molar-refractivity contribution is -0.132. The summed E-state index contributed by atoms with van der Waals surface area (Å²) in [6.45, 7) is 2.45. The molecule has 0 atom stereocenters. The SMILES string of the molecule is N#Cc1nn(CC(=O)N2CCN(c3ccc(Cl)c(CO)c3)CC2)c2ncccc12. The smallest absolute Gasteiger partial charge is 0.244 e. The van der Waals surface area contributed by atoms with E-state index in [1.165, 1.54) is 4.68 Å². The average Bonchev–Trinajstić information content (AvgIpc) is 3.12. The summed E-state index contributed by atoms with van der Waals surface area (Å²) in [5, 5.41) is 24.1. The predicted molar refractivity (Wildman–Crippen MR) is 108 cm³/mol. The zero-order valence-electron chi connectivity index (χ0n) is 15.6. The second kappa shape index (κ2) is 8.07. The maximum absolute atomic E-state index is 12.8. The highest BCUT2D eigenvalue weighted by molar-refractivity contribution is 6.31. The molecule has 1 amide bonds. The highest BCUT2D eigenvalue weighted by Crippen LogP contribution is 2.24. The Balaban J connectivity index is 1.43. The van der Waals surface area contributed by atoms with Crippen molar-refractivity contribution in [1.29, 1.82) is 5.26 Å². The molecule has 8 nitrogen and oxygen atoms in total. The fourth-order valence-electron chi connectivity index (χ4n) is 3.52. The van der Waals surface area contributed by atoms with Crippen LogP contribution in [0.15, 0.2) is 36.5 Å². The van der Waals surface area contributed by atoms with Crippen LogP contribution < -0.4 is 4.90 Å². The Morgan fingerprint density at radius 2 is 2.03 bits per heavy atom. The molecule has 1 fully saturated rings. The van der Waals surface area contributed by atoms with E-state index in [4.69, 9.17) is 11.6 Å². The van der Waals surface area contributed by atoms with E-state index < -0.39 is 0 Å². The van der Waals surface area contributed by atoms with Gasteiger partial charge in [-0.25, -0.2) is 9.67 Å². The standard InChI is InChI=1S/C20H19ClN6O2/c21-17-4-3-15(10-14(17)13-28)25-6-8-26(9-7-25)19(29)12-27-20-16(2-1-5-23-20)18(11-22)24-27/h1-5,10,28H,6-9,12-13H2. The molecule has 29 heavy (non-hydrogen) atoms. The number of benzene rings is 1.